The van der Waals surface area contributed by atoms with E-state index >= 15 is 0 Å². The number of carbonyl (C=O) groups is 2. The van der Waals surface area contributed by atoms with Gasteiger partial charge in [0.25, 0.3) is 0 Å². The SMILES string of the molecule is Nc1ccc(CC(=O)NCCNC(=O)Cc2ccc(N)cc2)cc1. The maximum atomic E-state index is 11.8. The van der Waals surface area contributed by atoms with Crippen LogP contribution in [0.3, 0.4) is 0 Å². The van der Waals surface area contributed by atoms with Gasteiger partial charge in [-0.25, -0.2) is 0 Å². The van der Waals surface area contributed by atoms with Crippen LogP contribution in [0.4, 0.5) is 11.4 Å². The molecule has 0 radical (unpaired) electrons. The van der Waals surface area contributed by atoms with Crippen molar-refractivity contribution in [3.63, 3.8) is 0 Å². The molecule has 6 heteroatoms. The summed E-state index contributed by atoms with van der Waals surface area (Å²) in [5, 5.41) is 5.54. The topological polar surface area (TPSA) is 110 Å². The highest BCUT2D eigenvalue weighted by atomic mass is 16.2. The molecule has 0 saturated heterocycles. The number of nitrogens with two attached hydrogens (primary N) is 2. The minimum absolute atomic E-state index is 0.0902. The molecule has 0 spiro atoms. The van der Waals surface area contributed by atoms with Gasteiger partial charge in [0, 0.05) is 24.5 Å². The number of hydrogen-bond donors (Lipinski definition) is 4. The lowest BCUT2D eigenvalue weighted by Gasteiger charge is -2.08. The molecule has 24 heavy (non-hydrogen) atoms. The second-order valence-corrected chi connectivity index (χ2v) is 5.54. The average Bonchev–Trinajstić information content (AvgIpc) is 2.56. The van der Waals surface area contributed by atoms with Crippen LogP contribution in [0.25, 0.3) is 0 Å². The lowest BCUT2D eigenvalue weighted by Crippen LogP contribution is -2.35. The van der Waals surface area contributed by atoms with Crippen molar-refractivity contribution >= 4 is 23.2 Å². The van der Waals surface area contributed by atoms with Crippen LogP contribution < -0.4 is 22.1 Å². The summed E-state index contributed by atoms with van der Waals surface area (Å²) in [6, 6.07) is 14.3. The standard InChI is InChI=1S/C18H22N4O2/c19-15-5-1-13(2-6-15)11-17(23)21-9-10-22-18(24)12-14-3-7-16(20)8-4-14/h1-8H,9-12,19-20H2,(H,21,23)(H,22,24). The number of amides is 2. The van der Waals surface area contributed by atoms with Crippen LogP contribution in [-0.2, 0) is 22.4 Å². The number of rotatable bonds is 7. The molecule has 0 unspecified atom stereocenters. The van der Waals surface area contributed by atoms with Crippen LogP contribution in [-0.4, -0.2) is 24.9 Å². The number of hydrogen-bond acceptors (Lipinski definition) is 4. The quantitative estimate of drug-likeness (QED) is 0.447. The number of nitrogen functional groups attached to an aromatic ring is 2. The Bertz CT molecular complexity index is 620. The zero-order valence-corrected chi connectivity index (χ0v) is 13.4. The summed E-state index contributed by atoms with van der Waals surface area (Å²) in [5.74, 6) is -0.180. The van der Waals surface area contributed by atoms with Crippen molar-refractivity contribution in [2.24, 2.45) is 0 Å². The van der Waals surface area contributed by atoms with Crippen molar-refractivity contribution in [3.8, 4) is 0 Å². The molecule has 0 heterocycles. The summed E-state index contributed by atoms with van der Waals surface area (Å²) in [7, 11) is 0. The summed E-state index contributed by atoms with van der Waals surface area (Å²) in [6.07, 6.45) is 0.583. The third-order valence-corrected chi connectivity index (χ3v) is 3.46. The van der Waals surface area contributed by atoms with Crippen LogP contribution >= 0.6 is 0 Å². The number of anilines is 2. The zero-order chi connectivity index (χ0) is 17.4. The Morgan fingerprint density at radius 2 is 1.00 bits per heavy atom. The highest BCUT2D eigenvalue weighted by molar-refractivity contribution is 5.79. The fourth-order valence-corrected chi connectivity index (χ4v) is 2.17. The van der Waals surface area contributed by atoms with E-state index in [4.69, 9.17) is 11.5 Å². The van der Waals surface area contributed by atoms with Gasteiger partial charge in [-0.3, -0.25) is 9.59 Å². The van der Waals surface area contributed by atoms with Crippen molar-refractivity contribution in [1.29, 1.82) is 0 Å². The van der Waals surface area contributed by atoms with E-state index in [1.54, 1.807) is 24.3 Å². The van der Waals surface area contributed by atoms with E-state index in [2.05, 4.69) is 10.6 Å². The molecule has 0 aliphatic heterocycles. The molecule has 0 saturated carbocycles. The smallest absolute Gasteiger partial charge is 0.224 e. The molecule has 6 N–H and O–H groups in total. The first kappa shape index (κ1) is 17.3. The molecule has 0 atom stereocenters. The summed E-state index contributed by atoms with van der Waals surface area (Å²) in [4.78, 5) is 23.6. The Kier molecular flexibility index (Phi) is 6.19. The summed E-state index contributed by atoms with van der Waals surface area (Å²) in [6.45, 7) is 0.780. The fraction of sp³-hybridized carbons (Fsp3) is 0.222. The molecule has 126 valence electrons. The highest BCUT2D eigenvalue weighted by Crippen LogP contribution is 2.06. The Morgan fingerprint density at radius 3 is 1.33 bits per heavy atom. The van der Waals surface area contributed by atoms with E-state index < -0.39 is 0 Å². The number of benzene rings is 2. The fourth-order valence-electron chi connectivity index (χ4n) is 2.17. The zero-order valence-electron chi connectivity index (χ0n) is 13.4. The van der Waals surface area contributed by atoms with Gasteiger partial charge in [0.05, 0.1) is 12.8 Å². The predicted octanol–water partition coefficient (Wildman–Crippen LogP) is 0.869. The predicted molar refractivity (Wildman–Crippen MR) is 95.1 cm³/mol. The molecule has 0 aromatic heterocycles. The lowest BCUT2D eigenvalue weighted by molar-refractivity contribution is -0.122. The third-order valence-electron chi connectivity index (χ3n) is 3.46. The van der Waals surface area contributed by atoms with Gasteiger partial charge in [-0.1, -0.05) is 24.3 Å². The first-order valence-corrected chi connectivity index (χ1v) is 7.75. The van der Waals surface area contributed by atoms with Gasteiger partial charge in [0.15, 0.2) is 0 Å². The summed E-state index contributed by atoms with van der Waals surface area (Å²) in [5.41, 5.74) is 14.3. The van der Waals surface area contributed by atoms with Gasteiger partial charge in [-0.2, -0.15) is 0 Å². The highest BCUT2D eigenvalue weighted by Gasteiger charge is 2.05. The van der Waals surface area contributed by atoms with Crippen LogP contribution in [0.15, 0.2) is 48.5 Å². The molecular weight excluding hydrogens is 304 g/mol. The number of carbonyl (C=O) groups excluding carboxylic acids is 2. The third kappa shape index (κ3) is 6.00. The lowest BCUT2D eigenvalue weighted by atomic mass is 10.1. The van der Waals surface area contributed by atoms with Crippen molar-refractivity contribution < 1.29 is 9.59 Å². The largest absolute Gasteiger partial charge is 0.399 e. The van der Waals surface area contributed by atoms with Crippen molar-refractivity contribution in [2.45, 2.75) is 12.8 Å². The molecule has 0 bridgehead atoms. The van der Waals surface area contributed by atoms with E-state index in [-0.39, 0.29) is 11.8 Å². The van der Waals surface area contributed by atoms with Gasteiger partial charge in [-0.05, 0) is 35.4 Å². The van der Waals surface area contributed by atoms with Gasteiger partial charge in [0.2, 0.25) is 11.8 Å². The molecule has 2 rings (SSSR count). The minimum atomic E-state index is -0.0902. The van der Waals surface area contributed by atoms with Crippen LogP contribution in [0, 0.1) is 0 Å². The number of nitrogens with one attached hydrogen (secondary N) is 2. The Balaban J connectivity index is 1.63. The molecule has 6 nitrogen and oxygen atoms in total. The van der Waals surface area contributed by atoms with Crippen LogP contribution in [0.1, 0.15) is 11.1 Å². The molecule has 0 fully saturated rings. The second kappa shape index (κ2) is 8.57. The molecule has 0 aliphatic carbocycles. The monoisotopic (exact) mass is 326 g/mol. The minimum Gasteiger partial charge on any atom is -0.399 e. The molecule has 2 aromatic rings. The summed E-state index contributed by atoms with van der Waals surface area (Å²) >= 11 is 0. The summed E-state index contributed by atoms with van der Waals surface area (Å²) < 4.78 is 0. The normalized spacial score (nSPS) is 10.2. The second-order valence-electron chi connectivity index (χ2n) is 5.54. The van der Waals surface area contributed by atoms with Crippen molar-refractivity contribution in [1.82, 2.24) is 10.6 Å². The van der Waals surface area contributed by atoms with Gasteiger partial charge in [-0.15, -0.1) is 0 Å². The maximum absolute atomic E-state index is 11.8. The molecule has 2 aromatic carbocycles. The van der Waals surface area contributed by atoms with E-state index in [9.17, 15) is 9.59 Å². The van der Waals surface area contributed by atoms with Crippen molar-refractivity contribution in [2.75, 3.05) is 24.6 Å². The maximum Gasteiger partial charge on any atom is 0.224 e. The Labute approximate surface area is 141 Å². The van der Waals surface area contributed by atoms with Gasteiger partial charge < -0.3 is 22.1 Å². The molecular formula is C18H22N4O2. The van der Waals surface area contributed by atoms with E-state index in [1.807, 2.05) is 24.3 Å². The molecule has 0 aliphatic rings. The van der Waals surface area contributed by atoms with Crippen LogP contribution in [0.2, 0.25) is 0 Å². The van der Waals surface area contributed by atoms with E-state index in [0.717, 1.165) is 11.1 Å². The van der Waals surface area contributed by atoms with Crippen molar-refractivity contribution in [3.05, 3.63) is 59.7 Å². The van der Waals surface area contributed by atoms with Gasteiger partial charge >= 0.3 is 0 Å². The van der Waals surface area contributed by atoms with Gasteiger partial charge in [0.1, 0.15) is 0 Å². The molecule has 2 amide bonds. The van der Waals surface area contributed by atoms with E-state index in [1.165, 1.54) is 0 Å². The first-order valence-electron chi connectivity index (χ1n) is 7.75. The Hall–Kier alpha value is -3.02. The first-order chi connectivity index (χ1) is 11.5. The Morgan fingerprint density at radius 1 is 0.667 bits per heavy atom. The average molecular weight is 326 g/mol. The van der Waals surface area contributed by atoms with Crippen LogP contribution in [0.5, 0.6) is 0 Å². The van der Waals surface area contributed by atoms with E-state index in [0.29, 0.717) is 37.3 Å².